The molecule has 53 heavy (non-hydrogen) atoms. The molecule has 0 saturated carbocycles. The van der Waals surface area contributed by atoms with Crippen LogP contribution in [0.2, 0.25) is 0 Å². The van der Waals surface area contributed by atoms with Gasteiger partial charge < -0.3 is 19.9 Å². The third kappa shape index (κ3) is 10.9. The van der Waals surface area contributed by atoms with E-state index < -0.39 is 76.5 Å². The molecule has 4 rings (SSSR count). The lowest BCUT2D eigenvalue weighted by molar-refractivity contribution is -0.159. The van der Waals surface area contributed by atoms with Gasteiger partial charge in [0.1, 0.15) is 0 Å². The molecule has 4 aromatic carbocycles. The van der Waals surface area contributed by atoms with Crippen molar-refractivity contribution in [3.8, 4) is 0 Å². The molecule has 0 unspecified atom stereocenters. The van der Waals surface area contributed by atoms with Crippen molar-refractivity contribution < 1.29 is 69.7 Å². The molecule has 0 radical (unpaired) electrons. The number of anilines is 1. The standard InChI is InChI=1S/C35H25F6N3O9/c36-34(37,38)23-10-4-8-21(17-23)32(50)52-27(28(31(48)49)53-33(51)22-9-5-11-24(18-22)35(39,40)41)30(47)44-43-29(46)20-12-14-25(15-13-20)42-26(45)16-19-6-2-1-3-7-19/h1-15,17-18,27-28H,16H2,(H,42,45)(H,43,46)(H,44,47)(H,48,49)/t27-,28+/m0/s1. The van der Waals surface area contributed by atoms with Crippen LogP contribution in [0.1, 0.15) is 47.8 Å². The molecular formula is C35H25F6N3O9. The highest BCUT2D eigenvalue weighted by Gasteiger charge is 2.42. The van der Waals surface area contributed by atoms with Gasteiger partial charge in [-0.25, -0.2) is 14.4 Å². The Morgan fingerprint density at radius 3 is 1.60 bits per heavy atom. The van der Waals surface area contributed by atoms with E-state index in [0.29, 0.717) is 30.0 Å². The number of alkyl halides is 6. The Labute approximate surface area is 294 Å². The fourth-order valence-electron chi connectivity index (χ4n) is 4.46. The fourth-order valence-corrected chi connectivity index (χ4v) is 4.46. The summed E-state index contributed by atoms with van der Waals surface area (Å²) in [6.45, 7) is 0. The summed E-state index contributed by atoms with van der Waals surface area (Å²) in [5.74, 6) is -8.72. The maximum absolute atomic E-state index is 13.3. The number of carboxylic acid groups (broad SMARTS) is 1. The van der Waals surface area contributed by atoms with Crippen molar-refractivity contribution in [2.75, 3.05) is 5.32 Å². The van der Waals surface area contributed by atoms with E-state index in [1.54, 1.807) is 35.8 Å². The lowest BCUT2D eigenvalue weighted by Crippen LogP contribution is -2.54. The summed E-state index contributed by atoms with van der Waals surface area (Å²) in [5.41, 5.74) is 0.243. The second kappa shape index (κ2) is 16.5. The second-order valence-corrected chi connectivity index (χ2v) is 10.9. The summed E-state index contributed by atoms with van der Waals surface area (Å²) in [5, 5.41) is 12.5. The van der Waals surface area contributed by atoms with Crippen molar-refractivity contribution in [3.63, 3.8) is 0 Å². The largest absolute Gasteiger partial charge is 0.478 e. The van der Waals surface area contributed by atoms with Crippen LogP contribution in [0.4, 0.5) is 32.0 Å². The average Bonchev–Trinajstić information content (AvgIpc) is 3.11. The zero-order valence-corrected chi connectivity index (χ0v) is 26.7. The van der Waals surface area contributed by atoms with Gasteiger partial charge in [0.15, 0.2) is 0 Å². The minimum absolute atomic E-state index is 0.0568. The average molecular weight is 746 g/mol. The van der Waals surface area contributed by atoms with Gasteiger partial charge in [0.2, 0.25) is 18.1 Å². The van der Waals surface area contributed by atoms with Gasteiger partial charge in [0.25, 0.3) is 11.8 Å². The predicted molar refractivity (Wildman–Crippen MR) is 170 cm³/mol. The first-order valence-electron chi connectivity index (χ1n) is 15.0. The molecule has 0 aliphatic heterocycles. The first-order valence-corrected chi connectivity index (χ1v) is 15.0. The number of hydrogen-bond acceptors (Lipinski definition) is 8. The molecule has 18 heteroatoms. The van der Waals surface area contributed by atoms with Gasteiger partial charge in [-0.15, -0.1) is 0 Å². The lowest BCUT2D eigenvalue weighted by atomic mass is 10.1. The summed E-state index contributed by atoms with van der Waals surface area (Å²) in [6.07, 6.45) is -15.4. The Morgan fingerprint density at radius 2 is 1.11 bits per heavy atom. The molecule has 0 fully saturated rings. The maximum atomic E-state index is 13.3. The van der Waals surface area contributed by atoms with Crippen LogP contribution in [0.3, 0.4) is 0 Å². The molecule has 0 heterocycles. The van der Waals surface area contributed by atoms with Gasteiger partial charge in [-0.2, -0.15) is 26.3 Å². The van der Waals surface area contributed by atoms with E-state index in [-0.39, 0.29) is 17.9 Å². The molecule has 12 nitrogen and oxygen atoms in total. The number of carboxylic acids is 1. The number of amides is 3. The van der Waals surface area contributed by atoms with Crippen molar-refractivity contribution >= 4 is 41.3 Å². The molecule has 0 bridgehead atoms. The SMILES string of the molecule is O=C(Cc1ccccc1)Nc1ccc(C(=O)NNC(=O)[C@@H](OC(=O)c2cccc(C(F)(F)F)c2)[C@@H](OC(=O)c2cccc(C(F)(F)F)c2)C(=O)O)cc1. The highest BCUT2D eigenvalue weighted by Crippen LogP contribution is 2.31. The summed E-state index contributed by atoms with van der Waals surface area (Å²) in [7, 11) is 0. The van der Waals surface area contributed by atoms with Crippen LogP contribution in [0, 0.1) is 0 Å². The predicted octanol–water partition coefficient (Wildman–Crippen LogP) is 5.20. The van der Waals surface area contributed by atoms with E-state index in [1.165, 1.54) is 24.3 Å². The van der Waals surface area contributed by atoms with Crippen molar-refractivity contribution in [2.24, 2.45) is 0 Å². The van der Waals surface area contributed by atoms with E-state index in [0.717, 1.165) is 29.8 Å². The number of ether oxygens (including phenoxy) is 2. The number of esters is 2. The first kappa shape index (κ1) is 39.1. The smallest absolute Gasteiger partial charge is 0.416 e. The molecule has 0 aromatic heterocycles. The first-order chi connectivity index (χ1) is 24.9. The topological polar surface area (TPSA) is 177 Å². The number of benzene rings is 4. The van der Waals surface area contributed by atoms with Crippen molar-refractivity contribution in [1.29, 1.82) is 0 Å². The molecule has 0 spiro atoms. The molecule has 0 saturated heterocycles. The van der Waals surface area contributed by atoms with Gasteiger partial charge >= 0.3 is 30.3 Å². The number of halogens is 6. The minimum Gasteiger partial charge on any atom is -0.478 e. The number of carbonyl (C=O) groups excluding carboxylic acids is 5. The van der Waals surface area contributed by atoms with E-state index in [9.17, 15) is 60.2 Å². The summed E-state index contributed by atoms with van der Waals surface area (Å²) < 4.78 is 89.0. The zero-order chi connectivity index (χ0) is 38.9. The number of hydrogen-bond donors (Lipinski definition) is 4. The highest BCUT2D eigenvalue weighted by molar-refractivity contribution is 6.00. The summed E-state index contributed by atoms with van der Waals surface area (Å²) in [4.78, 5) is 76.2. The minimum atomic E-state index is -4.94. The lowest BCUT2D eigenvalue weighted by Gasteiger charge is -2.24. The normalized spacial score (nSPS) is 12.4. The molecule has 4 N–H and O–H groups in total. The maximum Gasteiger partial charge on any atom is 0.416 e. The quantitative estimate of drug-likeness (QED) is 0.0913. The molecule has 0 aliphatic carbocycles. The number of hydrazine groups is 1. The fraction of sp³-hybridized carbons (Fsp3) is 0.143. The monoisotopic (exact) mass is 745 g/mol. The van der Waals surface area contributed by atoms with Crippen LogP contribution < -0.4 is 16.2 Å². The van der Waals surface area contributed by atoms with Gasteiger partial charge in [-0.3, -0.25) is 25.2 Å². The molecule has 4 aromatic rings. The number of carbonyl (C=O) groups is 6. The van der Waals surface area contributed by atoms with E-state index >= 15 is 0 Å². The summed E-state index contributed by atoms with van der Waals surface area (Å²) in [6, 6.07) is 19.0. The Balaban J connectivity index is 1.52. The zero-order valence-electron chi connectivity index (χ0n) is 26.7. The second-order valence-electron chi connectivity index (χ2n) is 10.9. The number of aliphatic carboxylic acids is 1. The number of nitrogens with one attached hydrogen (secondary N) is 3. The van der Waals surface area contributed by atoms with Gasteiger partial charge in [0, 0.05) is 11.3 Å². The summed E-state index contributed by atoms with van der Waals surface area (Å²) >= 11 is 0. The van der Waals surface area contributed by atoms with Crippen molar-refractivity contribution in [2.45, 2.75) is 31.0 Å². The Morgan fingerprint density at radius 1 is 0.604 bits per heavy atom. The van der Waals surface area contributed by atoms with Crippen molar-refractivity contribution in [3.05, 3.63) is 137 Å². The van der Waals surface area contributed by atoms with Gasteiger partial charge in [-0.1, -0.05) is 42.5 Å². The van der Waals surface area contributed by atoms with Crippen LogP contribution in [-0.2, 0) is 42.6 Å². The number of rotatable bonds is 11. The highest BCUT2D eigenvalue weighted by atomic mass is 19.4. The Bertz CT molecular complexity index is 2000. The van der Waals surface area contributed by atoms with E-state index in [1.807, 2.05) is 5.43 Å². The van der Waals surface area contributed by atoms with E-state index in [4.69, 9.17) is 9.47 Å². The van der Waals surface area contributed by atoms with Crippen LogP contribution in [0.5, 0.6) is 0 Å². The Kier molecular flexibility index (Phi) is 12.2. The molecule has 0 aliphatic rings. The molecule has 3 amide bonds. The third-order valence-corrected chi connectivity index (χ3v) is 7.03. The van der Waals surface area contributed by atoms with Crippen LogP contribution >= 0.6 is 0 Å². The van der Waals surface area contributed by atoms with Gasteiger partial charge in [0.05, 0.1) is 28.7 Å². The molecule has 2 atom stereocenters. The van der Waals surface area contributed by atoms with Crippen LogP contribution in [0.25, 0.3) is 0 Å². The van der Waals surface area contributed by atoms with Gasteiger partial charge in [-0.05, 0) is 66.2 Å². The van der Waals surface area contributed by atoms with Crippen LogP contribution in [0.15, 0.2) is 103 Å². The Hall–Kier alpha value is -6.72. The third-order valence-electron chi connectivity index (χ3n) is 7.03. The molecule has 276 valence electrons. The van der Waals surface area contributed by atoms with E-state index in [2.05, 4.69) is 5.32 Å². The molecular weight excluding hydrogens is 720 g/mol. The van der Waals surface area contributed by atoms with Crippen LogP contribution in [-0.4, -0.2) is 52.9 Å². The van der Waals surface area contributed by atoms with Crippen molar-refractivity contribution in [1.82, 2.24) is 10.9 Å².